The minimum atomic E-state index is -0.0271. The number of hydrogen-bond donors (Lipinski definition) is 0. The van der Waals surface area contributed by atoms with Gasteiger partial charge in [0, 0.05) is 19.3 Å². The second-order valence-corrected chi connectivity index (χ2v) is 4.13. The quantitative estimate of drug-likeness (QED) is 0.704. The number of carbonyl (C=O) groups excluding carboxylic acids is 1. The van der Waals surface area contributed by atoms with E-state index in [1.807, 2.05) is 6.92 Å². The van der Waals surface area contributed by atoms with Gasteiger partial charge in [-0.15, -0.1) is 0 Å². The van der Waals surface area contributed by atoms with Crippen LogP contribution in [0.15, 0.2) is 12.5 Å². The number of aryl methyl sites for hydroxylation is 1. The molecule has 0 aliphatic carbocycles. The molecule has 18 heavy (non-hydrogen) atoms. The van der Waals surface area contributed by atoms with E-state index in [1.165, 1.54) is 6.33 Å². The second kappa shape index (κ2) is 4.34. The van der Waals surface area contributed by atoms with Crippen molar-refractivity contribution in [3.63, 3.8) is 0 Å². The molecule has 0 unspecified atom stereocenters. The molecule has 1 fully saturated rings. The third-order valence-electron chi connectivity index (χ3n) is 3.08. The minimum absolute atomic E-state index is 0.0271. The maximum Gasteiger partial charge on any atom is 0.257 e. The van der Waals surface area contributed by atoms with Gasteiger partial charge in [0.1, 0.15) is 6.33 Å². The van der Waals surface area contributed by atoms with Crippen molar-refractivity contribution in [3.8, 4) is 0 Å². The lowest BCUT2D eigenvalue weighted by Crippen LogP contribution is -2.41. The number of aromatic nitrogens is 4. The number of morpholine rings is 1. The SMILES string of the molecule is Cc1c(C(=O)N2CCOCC2)cnc2ncnn12. The average Bonchev–Trinajstić information content (AvgIpc) is 2.89. The van der Waals surface area contributed by atoms with Crippen LogP contribution in [0.3, 0.4) is 0 Å². The summed E-state index contributed by atoms with van der Waals surface area (Å²) in [4.78, 5) is 22.2. The van der Waals surface area contributed by atoms with E-state index < -0.39 is 0 Å². The first-order valence-electron chi connectivity index (χ1n) is 5.80. The Labute approximate surface area is 103 Å². The molecule has 2 aromatic rings. The number of carbonyl (C=O) groups is 1. The summed E-state index contributed by atoms with van der Waals surface area (Å²) in [5.41, 5.74) is 1.32. The molecule has 1 aliphatic rings. The van der Waals surface area contributed by atoms with Crippen molar-refractivity contribution >= 4 is 11.7 Å². The zero-order chi connectivity index (χ0) is 12.5. The fourth-order valence-electron chi connectivity index (χ4n) is 2.04. The standard InChI is InChI=1S/C11H13N5O2/c1-8-9(6-12-11-13-7-14-16(8)11)10(17)15-2-4-18-5-3-15/h6-7H,2-5H2,1H3. The van der Waals surface area contributed by atoms with Gasteiger partial charge in [-0.1, -0.05) is 0 Å². The Kier molecular flexibility index (Phi) is 2.67. The third-order valence-corrected chi connectivity index (χ3v) is 3.08. The van der Waals surface area contributed by atoms with Crippen molar-refractivity contribution in [2.24, 2.45) is 0 Å². The molecule has 7 heteroatoms. The minimum Gasteiger partial charge on any atom is -0.378 e. The lowest BCUT2D eigenvalue weighted by molar-refractivity contribution is 0.0301. The molecule has 94 valence electrons. The highest BCUT2D eigenvalue weighted by Gasteiger charge is 2.21. The van der Waals surface area contributed by atoms with Gasteiger partial charge in [-0.3, -0.25) is 4.79 Å². The Morgan fingerprint density at radius 3 is 2.89 bits per heavy atom. The van der Waals surface area contributed by atoms with Crippen LogP contribution in [0.25, 0.3) is 5.78 Å². The van der Waals surface area contributed by atoms with Crippen molar-refractivity contribution in [3.05, 3.63) is 23.8 Å². The molecule has 1 amide bonds. The highest BCUT2D eigenvalue weighted by atomic mass is 16.5. The summed E-state index contributed by atoms with van der Waals surface area (Å²) >= 11 is 0. The van der Waals surface area contributed by atoms with E-state index in [0.717, 1.165) is 5.69 Å². The lowest BCUT2D eigenvalue weighted by Gasteiger charge is -2.27. The second-order valence-electron chi connectivity index (χ2n) is 4.13. The van der Waals surface area contributed by atoms with Crippen LogP contribution in [0.2, 0.25) is 0 Å². The fourth-order valence-corrected chi connectivity index (χ4v) is 2.04. The monoisotopic (exact) mass is 247 g/mol. The van der Waals surface area contributed by atoms with E-state index in [-0.39, 0.29) is 5.91 Å². The van der Waals surface area contributed by atoms with Crippen LogP contribution in [-0.4, -0.2) is 56.7 Å². The first-order chi connectivity index (χ1) is 8.77. The largest absolute Gasteiger partial charge is 0.378 e. The summed E-state index contributed by atoms with van der Waals surface area (Å²) in [5, 5.41) is 4.05. The maximum atomic E-state index is 12.4. The summed E-state index contributed by atoms with van der Waals surface area (Å²) in [6, 6.07) is 0. The van der Waals surface area contributed by atoms with Crippen molar-refractivity contribution in [1.29, 1.82) is 0 Å². The van der Waals surface area contributed by atoms with Gasteiger partial charge >= 0.3 is 0 Å². The van der Waals surface area contributed by atoms with Gasteiger partial charge in [0.05, 0.1) is 24.5 Å². The van der Waals surface area contributed by atoms with Crippen LogP contribution < -0.4 is 0 Å². The van der Waals surface area contributed by atoms with Crippen LogP contribution in [0, 0.1) is 6.92 Å². The van der Waals surface area contributed by atoms with Gasteiger partial charge in [-0.25, -0.2) is 9.50 Å². The van der Waals surface area contributed by atoms with Crippen molar-refractivity contribution in [1.82, 2.24) is 24.5 Å². The Morgan fingerprint density at radius 1 is 1.33 bits per heavy atom. The van der Waals surface area contributed by atoms with Gasteiger partial charge in [0.2, 0.25) is 0 Å². The molecular weight excluding hydrogens is 234 g/mol. The van der Waals surface area contributed by atoms with Crippen LogP contribution in [0.5, 0.6) is 0 Å². The first-order valence-corrected chi connectivity index (χ1v) is 5.80. The number of nitrogens with zero attached hydrogens (tertiary/aromatic N) is 5. The van der Waals surface area contributed by atoms with Gasteiger partial charge < -0.3 is 9.64 Å². The van der Waals surface area contributed by atoms with Crippen LogP contribution >= 0.6 is 0 Å². The number of hydrogen-bond acceptors (Lipinski definition) is 5. The number of rotatable bonds is 1. The smallest absolute Gasteiger partial charge is 0.257 e. The molecular formula is C11H13N5O2. The first kappa shape index (κ1) is 11.1. The molecule has 0 saturated carbocycles. The van der Waals surface area contributed by atoms with Crippen LogP contribution in [0.4, 0.5) is 0 Å². The van der Waals surface area contributed by atoms with E-state index in [4.69, 9.17) is 4.74 Å². The lowest BCUT2D eigenvalue weighted by atomic mass is 10.2. The zero-order valence-corrected chi connectivity index (χ0v) is 10.0. The van der Waals surface area contributed by atoms with Gasteiger partial charge in [-0.2, -0.15) is 10.1 Å². The van der Waals surface area contributed by atoms with Crippen molar-refractivity contribution < 1.29 is 9.53 Å². The molecule has 0 N–H and O–H groups in total. The van der Waals surface area contributed by atoms with E-state index in [9.17, 15) is 4.79 Å². The molecule has 0 atom stereocenters. The highest BCUT2D eigenvalue weighted by molar-refractivity contribution is 5.95. The Morgan fingerprint density at radius 2 is 2.11 bits per heavy atom. The van der Waals surface area contributed by atoms with Gasteiger partial charge in [-0.05, 0) is 6.92 Å². The molecule has 2 aromatic heterocycles. The summed E-state index contributed by atoms with van der Waals surface area (Å²) in [7, 11) is 0. The van der Waals surface area contributed by atoms with E-state index >= 15 is 0 Å². The molecule has 0 bridgehead atoms. The average molecular weight is 247 g/mol. The van der Waals surface area contributed by atoms with Crippen LogP contribution in [-0.2, 0) is 4.74 Å². The number of fused-ring (bicyclic) bond motifs is 1. The molecule has 7 nitrogen and oxygen atoms in total. The van der Waals surface area contributed by atoms with Gasteiger partial charge in [0.25, 0.3) is 11.7 Å². The Hall–Kier alpha value is -2.02. The van der Waals surface area contributed by atoms with Gasteiger partial charge in [0.15, 0.2) is 0 Å². The predicted molar refractivity (Wildman–Crippen MR) is 62.2 cm³/mol. The summed E-state index contributed by atoms with van der Waals surface area (Å²) < 4.78 is 6.81. The topological polar surface area (TPSA) is 72.6 Å². The Balaban J connectivity index is 1.97. The van der Waals surface area contributed by atoms with E-state index in [0.29, 0.717) is 37.6 Å². The predicted octanol–water partition coefficient (Wildman–Crippen LogP) is -0.0949. The van der Waals surface area contributed by atoms with E-state index in [1.54, 1.807) is 15.6 Å². The number of amides is 1. The molecule has 1 saturated heterocycles. The van der Waals surface area contributed by atoms with E-state index in [2.05, 4.69) is 15.1 Å². The molecule has 0 radical (unpaired) electrons. The molecule has 0 spiro atoms. The summed E-state index contributed by atoms with van der Waals surface area (Å²) in [6.45, 7) is 4.26. The number of ether oxygens (including phenoxy) is 1. The summed E-state index contributed by atoms with van der Waals surface area (Å²) in [6.07, 6.45) is 3.00. The summed E-state index contributed by atoms with van der Waals surface area (Å²) in [5.74, 6) is 0.478. The maximum absolute atomic E-state index is 12.4. The zero-order valence-electron chi connectivity index (χ0n) is 10.0. The molecule has 3 heterocycles. The molecule has 1 aliphatic heterocycles. The van der Waals surface area contributed by atoms with Crippen molar-refractivity contribution in [2.45, 2.75) is 6.92 Å². The van der Waals surface area contributed by atoms with Crippen LogP contribution in [0.1, 0.15) is 16.1 Å². The Bertz CT molecular complexity index is 588. The molecule has 0 aromatic carbocycles. The third kappa shape index (κ3) is 1.72. The van der Waals surface area contributed by atoms with Crippen molar-refractivity contribution in [2.75, 3.05) is 26.3 Å². The normalized spacial score (nSPS) is 16.2. The molecule has 3 rings (SSSR count). The fraction of sp³-hybridized carbons (Fsp3) is 0.455. The highest BCUT2D eigenvalue weighted by Crippen LogP contribution is 2.11.